The summed E-state index contributed by atoms with van der Waals surface area (Å²) in [4.78, 5) is 12.2. The minimum atomic E-state index is -4.31. The first kappa shape index (κ1) is 14.2. The summed E-state index contributed by atoms with van der Waals surface area (Å²) in [5, 5.41) is 0. The van der Waals surface area contributed by atoms with E-state index in [1.54, 1.807) is 13.8 Å². The maximum Gasteiger partial charge on any atom is 0.401 e. The molecule has 0 radical (unpaired) electrons. The normalized spacial score (nSPS) is 14.1. The van der Waals surface area contributed by atoms with Crippen molar-refractivity contribution in [1.82, 2.24) is 10.3 Å². The summed E-state index contributed by atoms with van der Waals surface area (Å²) in [7, 11) is 0. The van der Waals surface area contributed by atoms with E-state index in [1.165, 1.54) is 0 Å². The number of carbonyl (C=O) groups excluding carboxylic acids is 1. The fourth-order valence-corrected chi connectivity index (χ4v) is 1.38. The highest BCUT2D eigenvalue weighted by atomic mass is 19.4. The van der Waals surface area contributed by atoms with E-state index in [2.05, 4.69) is 0 Å². The molecule has 0 saturated carbocycles. The Morgan fingerprint density at radius 3 is 2.27 bits per heavy atom. The summed E-state index contributed by atoms with van der Waals surface area (Å²) in [6.07, 6.45) is -4.02. The fraction of sp³-hybridized carbons (Fsp3) is 0.875. The van der Waals surface area contributed by atoms with Gasteiger partial charge in [0.15, 0.2) is 0 Å². The summed E-state index contributed by atoms with van der Waals surface area (Å²) in [6.45, 7) is 2.25. The minimum absolute atomic E-state index is 0.144. The van der Waals surface area contributed by atoms with Gasteiger partial charge in [0, 0.05) is 0 Å². The number of alkyl halides is 3. The van der Waals surface area contributed by atoms with Gasteiger partial charge in [-0.05, 0) is 13.0 Å². The molecular formula is C8H16F3N3O. The highest BCUT2D eigenvalue weighted by Gasteiger charge is 2.34. The molecule has 7 heteroatoms. The van der Waals surface area contributed by atoms with Crippen LogP contribution in [0.5, 0.6) is 0 Å². The number of nitrogens with two attached hydrogens (primary N) is 1. The maximum absolute atomic E-state index is 12.2. The van der Waals surface area contributed by atoms with E-state index in [4.69, 9.17) is 5.84 Å². The Hall–Kier alpha value is -0.820. The molecule has 0 aromatic rings. The van der Waals surface area contributed by atoms with Gasteiger partial charge in [-0.1, -0.05) is 13.8 Å². The number of rotatable bonds is 5. The molecule has 4 nitrogen and oxygen atoms in total. The molecule has 0 spiro atoms. The van der Waals surface area contributed by atoms with E-state index in [1.807, 2.05) is 5.43 Å². The van der Waals surface area contributed by atoms with E-state index in [0.717, 1.165) is 4.90 Å². The Morgan fingerprint density at radius 1 is 1.47 bits per heavy atom. The second kappa shape index (κ2) is 5.92. The Kier molecular flexibility index (Phi) is 5.59. The van der Waals surface area contributed by atoms with Crippen molar-refractivity contribution in [2.75, 3.05) is 13.1 Å². The zero-order valence-electron chi connectivity index (χ0n) is 8.77. The van der Waals surface area contributed by atoms with Crippen molar-refractivity contribution >= 4 is 5.91 Å². The number of nitrogens with zero attached hydrogens (tertiary/aromatic N) is 1. The van der Waals surface area contributed by atoms with Gasteiger partial charge in [0.05, 0.1) is 12.6 Å². The van der Waals surface area contributed by atoms with E-state index < -0.39 is 24.7 Å². The van der Waals surface area contributed by atoms with Crippen LogP contribution in [0, 0.1) is 0 Å². The molecule has 0 rings (SSSR count). The van der Waals surface area contributed by atoms with Crippen molar-refractivity contribution in [3.8, 4) is 0 Å². The third kappa shape index (κ3) is 4.98. The molecule has 3 N–H and O–H groups in total. The van der Waals surface area contributed by atoms with Crippen LogP contribution in [-0.4, -0.2) is 36.1 Å². The van der Waals surface area contributed by atoms with Crippen molar-refractivity contribution in [2.24, 2.45) is 5.84 Å². The number of likely N-dealkylation sites (N-methyl/N-ethyl adjacent to an activating group) is 1. The number of hydrogen-bond donors (Lipinski definition) is 2. The Bertz CT molecular complexity index is 208. The Balaban J connectivity index is 4.54. The standard InChI is InChI=1S/C8H16F3N3O/c1-3-6(7(15)13-12)14(4-2)5-8(9,10)11/h6H,3-5,12H2,1-2H3,(H,13,15). The van der Waals surface area contributed by atoms with E-state index in [-0.39, 0.29) is 13.0 Å². The molecule has 0 heterocycles. The highest BCUT2D eigenvalue weighted by molar-refractivity contribution is 5.81. The molecule has 0 bridgehead atoms. The van der Waals surface area contributed by atoms with Gasteiger partial charge in [-0.3, -0.25) is 15.1 Å². The number of carbonyl (C=O) groups is 1. The Morgan fingerprint density at radius 2 is 2.00 bits per heavy atom. The monoisotopic (exact) mass is 227 g/mol. The molecule has 0 fully saturated rings. The second-order valence-electron chi connectivity index (χ2n) is 3.11. The third-order valence-corrected chi connectivity index (χ3v) is 2.06. The van der Waals surface area contributed by atoms with Crippen LogP contribution in [0.25, 0.3) is 0 Å². The van der Waals surface area contributed by atoms with Gasteiger partial charge in [-0.2, -0.15) is 13.2 Å². The molecule has 0 aliphatic heterocycles. The van der Waals surface area contributed by atoms with Crippen molar-refractivity contribution in [1.29, 1.82) is 0 Å². The largest absolute Gasteiger partial charge is 0.401 e. The quantitative estimate of drug-likeness (QED) is 0.411. The van der Waals surface area contributed by atoms with Crippen LogP contribution in [0.2, 0.25) is 0 Å². The number of hydrogen-bond acceptors (Lipinski definition) is 3. The van der Waals surface area contributed by atoms with Crippen LogP contribution in [0.4, 0.5) is 13.2 Å². The van der Waals surface area contributed by atoms with Crippen molar-refractivity contribution in [3.05, 3.63) is 0 Å². The smallest absolute Gasteiger partial charge is 0.293 e. The topological polar surface area (TPSA) is 58.4 Å². The highest BCUT2D eigenvalue weighted by Crippen LogP contribution is 2.18. The molecule has 15 heavy (non-hydrogen) atoms. The maximum atomic E-state index is 12.2. The summed E-state index contributed by atoms with van der Waals surface area (Å²) in [5.74, 6) is 4.30. The first-order valence-corrected chi connectivity index (χ1v) is 4.67. The van der Waals surface area contributed by atoms with Gasteiger partial charge in [-0.25, -0.2) is 5.84 Å². The Labute approximate surface area is 86.6 Å². The lowest BCUT2D eigenvalue weighted by Gasteiger charge is -2.28. The molecule has 90 valence electrons. The van der Waals surface area contributed by atoms with Crippen LogP contribution in [0.15, 0.2) is 0 Å². The van der Waals surface area contributed by atoms with Crippen molar-refractivity contribution in [2.45, 2.75) is 32.5 Å². The predicted molar refractivity (Wildman–Crippen MR) is 49.7 cm³/mol. The van der Waals surface area contributed by atoms with Crippen LogP contribution in [-0.2, 0) is 4.79 Å². The molecule has 0 aliphatic rings. The SMILES string of the molecule is CCC(C(=O)NN)N(CC)CC(F)(F)F. The van der Waals surface area contributed by atoms with Crippen molar-refractivity contribution in [3.63, 3.8) is 0 Å². The first-order valence-electron chi connectivity index (χ1n) is 4.67. The van der Waals surface area contributed by atoms with Crippen LogP contribution >= 0.6 is 0 Å². The van der Waals surface area contributed by atoms with Gasteiger partial charge in [0.1, 0.15) is 0 Å². The molecular weight excluding hydrogens is 211 g/mol. The molecule has 0 aliphatic carbocycles. The molecule has 0 saturated heterocycles. The van der Waals surface area contributed by atoms with Crippen LogP contribution < -0.4 is 11.3 Å². The number of nitrogens with one attached hydrogen (secondary N) is 1. The summed E-state index contributed by atoms with van der Waals surface area (Å²) >= 11 is 0. The van der Waals surface area contributed by atoms with Gasteiger partial charge in [0.25, 0.3) is 5.91 Å². The zero-order valence-corrected chi connectivity index (χ0v) is 8.77. The van der Waals surface area contributed by atoms with E-state index in [0.29, 0.717) is 0 Å². The lowest BCUT2D eigenvalue weighted by molar-refractivity contribution is -0.154. The van der Waals surface area contributed by atoms with Crippen LogP contribution in [0.1, 0.15) is 20.3 Å². The van der Waals surface area contributed by atoms with Gasteiger partial charge >= 0.3 is 6.18 Å². The average molecular weight is 227 g/mol. The van der Waals surface area contributed by atoms with Gasteiger partial charge in [0.2, 0.25) is 0 Å². The third-order valence-electron chi connectivity index (χ3n) is 2.06. The van der Waals surface area contributed by atoms with E-state index in [9.17, 15) is 18.0 Å². The van der Waals surface area contributed by atoms with Crippen molar-refractivity contribution < 1.29 is 18.0 Å². The first-order chi connectivity index (χ1) is 6.85. The summed E-state index contributed by atoms with van der Waals surface area (Å²) in [6, 6.07) is -0.832. The molecule has 1 atom stereocenters. The molecule has 1 amide bonds. The zero-order chi connectivity index (χ0) is 12.1. The van der Waals surface area contributed by atoms with Crippen LogP contribution in [0.3, 0.4) is 0 Å². The second-order valence-corrected chi connectivity index (χ2v) is 3.11. The minimum Gasteiger partial charge on any atom is -0.293 e. The average Bonchev–Trinajstić information content (AvgIpc) is 2.15. The molecule has 0 aromatic heterocycles. The number of hydrazine groups is 1. The van der Waals surface area contributed by atoms with Gasteiger partial charge in [-0.15, -0.1) is 0 Å². The summed E-state index contributed by atoms with van der Waals surface area (Å²) in [5.41, 5.74) is 1.87. The van der Waals surface area contributed by atoms with E-state index >= 15 is 0 Å². The molecule has 0 aromatic carbocycles. The lowest BCUT2D eigenvalue weighted by Crippen LogP contribution is -2.51. The number of amides is 1. The van der Waals surface area contributed by atoms with Gasteiger partial charge < -0.3 is 0 Å². The fourth-order valence-electron chi connectivity index (χ4n) is 1.38. The lowest BCUT2D eigenvalue weighted by atomic mass is 10.2. The summed E-state index contributed by atoms with van der Waals surface area (Å²) < 4.78 is 36.5. The predicted octanol–water partition coefficient (Wildman–Crippen LogP) is 0.639. The molecule has 1 unspecified atom stereocenters. The number of halogens is 3.